The van der Waals surface area contributed by atoms with Crippen molar-refractivity contribution in [1.29, 1.82) is 0 Å². The van der Waals surface area contributed by atoms with Gasteiger partial charge in [0.1, 0.15) is 12.4 Å². The number of nitrogens with zero attached hydrogens (tertiary/aromatic N) is 1. The molecule has 0 saturated heterocycles. The summed E-state index contributed by atoms with van der Waals surface area (Å²) >= 11 is 0. The van der Waals surface area contributed by atoms with Crippen LogP contribution in [0.5, 0.6) is 5.75 Å². The van der Waals surface area contributed by atoms with E-state index in [9.17, 15) is 9.59 Å². The van der Waals surface area contributed by atoms with Gasteiger partial charge in [-0.3, -0.25) is 4.79 Å². The molecule has 6 nitrogen and oxygen atoms in total. The molecule has 0 radical (unpaired) electrons. The van der Waals surface area contributed by atoms with Crippen LogP contribution in [-0.2, 0) is 13.2 Å². The first kappa shape index (κ1) is 20.9. The molecule has 0 saturated carbocycles. The van der Waals surface area contributed by atoms with Crippen LogP contribution in [0.3, 0.4) is 0 Å². The van der Waals surface area contributed by atoms with Crippen LogP contribution in [0.1, 0.15) is 21.5 Å². The third-order valence-corrected chi connectivity index (χ3v) is 4.55. The molecular formula is C24H24N2O4. The standard InChI is InChI=1S/C24H24N2O4/c1-26(2)23(27)20-10-6-9-19(14-20)21-12-11-18(15-25-24(28)29)13-22(21)30-16-17-7-4-3-5-8-17/h3-14,25H,15-16H2,1-2H3,(H,28,29). The van der Waals surface area contributed by atoms with Gasteiger partial charge in [0.15, 0.2) is 0 Å². The first-order valence-corrected chi connectivity index (χ1v) is 9.52. The van der Waals surface area contributed by atoms with E-state index in [0.717, 1.165) is 22.3 Å². The number of amides is 2. The van der Waals surface area contributed by atoms with Crippen LogP contribution in [0.2, 0.25) is 0 Å². The van der Waals surface area contributed by atoms with E-state index in [1.165, 1.54) is 4.90 Å². The molecule has 0 spiro atoms. The zero-order valence-electron chi connectivity index (χ0n) is 17.0. The normalized spacial score (nSPS) is 10.3. The fourth-order valence-electron chi connectivity index (χ4n) is 3.03. The molecular weight excluding hydrogens is 380 g/mol. The Kier molecular flexibility index (Phi) is 6.70. The number of carboxylic acid groups (broad SMARTS) is 1. The fourth-order valence-corrected chi connectivity index (χ4v) is 3.03. The van der Waals surface area contributed by atoms with E-state index in [1.807, 2.05) is 66.7 Å². The largest absolute Gasteiger partial charge is 0.488 e. The lowest BCUT2D eigenvalue weighted by Crippen LogP contribution is -2.21. The van der Waals surface area contributed by atoms with Crippen molar-refractivity contribution in [3.63, 3.8) is 0 Å². The molecule has 2 N–H and O–H groups in total. The summed E-state index contributed by atoms with van der Waals surface area (Å²) in [5.41, 5.74) is 4.07. The zero-order valence-corrected chi connectivity index (χ0v) is 17.0. The van der Waals surface area contributed by atoms with Gasteiger partial charge in [0.25, 0.3) is 5.91 Å². The molecule has 154 valence electrons. The number of nitrogens with one attached hydrogen (secondary N) is 1. The van der Waals surface area contributed by atoms with Crippen LogP contribution >= 0.6 is 0 Å². The van der Waals surface area contributed by atoms with Gasteiger partial charge in [-0.05, 0) is 34.9 Å². The van der Waals surface area contributed by atoms with Gasteiger partial charge in [-0.1, -0.05) is 54.6 Å². The van der Waals surface area contributed by atoms with Crippen LogP contribution in [0.25, 0.3) is 11.1 Å². The first-order chi connectivity index (χ1) is 14.4. The Hall–Kier alpha value is -3.80. The summed E-state index contributed by atoms with van der Waals surface area (Å²) in [5.74, 6) is 0.545. The minimum Gasteiger partial charge on any atom is -0.488 e. The topological polar surface area (TPSA) is 78.9 Å². The molecule has 6 heteroatoms. The number of benzene rings is 3. The molecule has 0 fully saturated rings. The van der Waals surface area contributed by atoms with E-state index in [0.29, 0.717) is 17.9 Å². The lowest BCUT2D eigenvalue weighted by Gasteiger charge is -2.15. The van der Waals surface area contributed by atoms with Crippen LogP contribution in [0, 0.1) is 0 Å². The third kappa shape index (κ3) is 5.38. The maximum atomic E-state index is 12.4. The highest BCUT2D eigenvalue weighted by Gasteiger charge is 2.13. The van der Waals surface area contributed by atoms with Crippen molar-refractivity contribution < 1.29 is 19.4 Å². The molecule has 0 aromatic heterocycles. The summed E-state index contributed by atoms with van der Waals surface area (Å²) in [7, 11) is 3.43. The molecule has 0 aliphatic rings. The fraction of sp³-hybridized carbons (Fsp3) is 0.167. The average molecular weight is 404 g/mol. The van der Waals surface area contributed by atoms with E-state index >= 15 is 0 Å². The van der Waals surface area contributed by atoms with Gasteiger partial charge in [0, 0.05) is 31.8 Å². The SMILES string of the molecule is CN(C)C(=O)c1cccc(-c2ccc(CNC(=O)O)cc2OCc2ccccc2)c1. The van der Waals surface area contributed by atoms with Crippen LogP contribution in [0.15, 0.2) is 72.8 Å². The molecule has 0 aliphatic heterocycles. The smallest absolute Gasteiger partial charge is 0.404 e. The molecule has 0 atom stereocenters. The second kappa shape index (κ2) is 9.60. The summed E-state index contributed by atoms with van der Waals surface area (Å²) in [5, 5.41) is 11.2. The lowest BCUT2D eigenvalue weighted by atomic mass is 10.00. The third-order valence-electron chi connectivity index (χ3n) is 4.55. The van der Waals surface area contributed by atoms with Crippen LogP contribution in [0.4, 0.5) is 4.79 Å². The van der Waals surface area contributed by atoms with E-state index < -0.39 is 6.09 Å². The minimum atomic E-state index is -1.08. The molecule has 3 rings (SSSR count). The summed E-state index contributed by atoms with van der Waals surface area (Å²) in [6, 6.07) is 22.7. The Morgan fingerprint density at radius 2 is 1.70 bits per heavy atom. The first-order valence-electron chi connectivity index (χ1n) is 9.52. The summed E-state index contributed by atoms with van der Waals surface area (Å²) in [4.78, 5) is 24.7. The Bertz CT molecular complexity index is 1030. The van der Waals surface area contributed by atoms with Crippen molar-refractivity contribution in [2.45, 2.75) is 13.2 Å². The second-order valence-corrected chi connectivity index (χ2v) is 7.04. The Balaban J connectivity index is 1.94. The van der Waals surface area contributed by atoms with Crippen molar-refractivity contribution in [2.24, 2.45) is 0 Å². The highest BCUT2D eigenvalue weighted by Crippen LogP contribution is 2.32. The maximum Gasteiger partial charge on any atom is 0.404 e. The molecule has 0 aliphatic carbocycles. The summed E-state index contributed by atoms with van der Waals surface area (Å²) in [6.45, 7) is 0.552. The number of carbonyl (C=O) groups is 2. The predicted molar refractivity (Wildman–Crippen MR) is 116 cm³/mol. The van der Waals surface area contributed by atoms with Gasteiger partial charge in [0.2, 0.25) is 0 Å². The Morgan fingerprint density at radius 3 is 2.40 bits per heavy atom. The molecule has 3 aromatic carbocycles. The van der Waals surface area contributed by atoms with Gasteiger partial charge in [-0.25, -0.2) is 4.79 Å². The maximum absolute atomic E-state index is 12.4. The van der Waals surface area contributed by atoms with E-state index in [4.69, 9.17) is 9.84 Å². The zero-order chi connectivity index (χ0) is 21.5. The second-order valence-electron chi connectivity index (χ2n) is 7.04. The van der Waals surface area contributed by atoms with Gasteiger partial charge >= 0.3 is 6.09 Å². The van der Waals surface area contributed by atoms with Crippen LogP contribution in [-0.4, -0.2) is 36.1 Å². The molecule has 2 amide bonds. The van der Waals surface area contributed by atoms with Gasteiger partial charge in [0.05, 0.1) is 0 Å². The van der Waals surface area contributed by atoms with E-state index in [1.54, 1.807) is 20.2 Å². The average Bonchev–Trinajstić information content (AvgIpc) is 2.76. The number of ether oxygens (including phenoxy) is 1. The number of rotatable bonds is 7. The molecule has 0 unspecified atom stereocenters. The Morgan fingerprint density at radius 1 is 0.933 bits per heavy atom. The number of hydrogen-bond acceptors (Lipinski definition) is 3. The van der Waals surface area contributed by atoms with Crippen molar-refractivity contribution in [3.8, 4) is 16.9 Å². The van der Waals surface area contributed by atoms with Crippen molar-refractivity contribution in [1.82, 2.24) is 10.2 Å². The number of hydrogen-bond donors (Lipinski definition) is 2. The predicted octanol–water partition coefficient (Wildman–Crippen LogP) is 4.40. The highest BCUT2D eigenvalue weighted by molar-refractivity contribution is 5.95. The molecule has 0 heterocycles. The number of carbonyl (C=O) groups excluding carboxylic acids is 1. The minimum absolute atomic E-state index is 0.0779. The van der Waals surface area contributed by atoms with E-state index in [-0.39, 0.29) is 12.5 Å². The van der Waals surface area contributed by atoms with Crippen molar-refractivity contribution in [3.05, 3.63) is 89.5 Å². The Labute approximate surface area is 175 Å². The molecule has 3 aromatic rings. The lowest BCUT2D eigenvalue weighted by molar-refractivity contribution is 0.0827. The van der Waals surface area contributed by atoms with Gasteiger partial charge < -0.3 is 20.1 Å². The quantitative estimate of drug-likeness (QED) is 0.612. The molecule has 0 bridgehead atoms. The van der Waals surface area contributed by atoms with Crippen molar-refractivity contribution >= 4 is 12.0 Å². The monoisotopic (exact) mass is 404 g/mol. The summed E-state index contributed by atoms with van der Waals surface area (Å²) in [6.07, 6.45) is -1.08. The van der Waals surface area contributed by atoms with Gasteiger partial charge in [-0.2, -0.15) is 0 Å². The molecule has 30 heavy (non-hydrogen) atoms. The van der Waals surface area contributed by atoms with Crippen LogP contribution < -0.4 is 10.1 Å². The van der Waals surface area contributed by atoms with Gasteiger partial charge in [-0.15, -0.1) is 0 Å². The highest BCUT2D eigenvalue weighted by atomic mass is 16.5. The summed E-state index contributed by atoms with van der Waals surface area (Å²) < 4.78 is 6.10. The van der Waals surface area contributed by atoms with E-state index in [2.05, 4.69) is 5.32 Å². The van der Waals surface area contributed by atoms with Crippen molar-refractivity contribution in [2.75, 3.05) is 14.1 Å².